The van der Waals surface area contributed by atoms with E-state index < -0.39 is 0 Å². The second-order valence-electron chi connectivity index (χ2n) is 5.64. The summed E-state index contributed by atoms with van der Waals surface area (Å²) in [7, 11) is 1.67. The van der Waals surface area contributed by atoms with Gasteiger partial charge in [-0.25, -0.2) is 0 Å². The van der Waals surface area contributed by atoms with Gasteiger partial charge in [-0.3, -0.25) is 9.69 Å². The van der Waals surface area contributed by atoms with Crippen molar-refractivity contribution in [1.29, 1.82) is 0 Å². The van der Waals surface area contributed by atoms with Gasteiger partial charge in [-0.05, 0) is 30.9 Å². The summed E-state index contributed by atoms with van der Waals surface area (Å²) in [6.45, 7) is 5.29. The van der Waals surface area contributed by atoms with E-state index in [1.807, 2.05) is 24.5 Å². The van der Waals surface area contributed by atoms with Gasteiger partial charge in [0.1, 0.15) is 17.6 Å². The van der Waals surface area contributed by atoms with Crippen molar-refractivity contribution in [3.8, 4) is 11.5 Å². The van der Waals surface area contributed by atoms with E-state index in [1.54, 1.807) is 7.11 Å². The van der Waals surface area contributed by atoms with E-state index in [4.69, 9.17) is 9.47 Å². The lowest BCUT2D eigenvalue weighted by molar-refractivity contribution is -0.118. The summed E-state index contributed by atoms with van der Waals surface area (Å²) in [5, 5.41) is 2.96. The molecule has 1 atom stereocenters. The molecule has 0 radical (unpaired) electrons. The maximum atomic E-state index is 11.6. The maximum absolute atomic E-state index is 11.6. The summed E-state index contributed by atoms with van der Waals surface area (Å²) in [4.78, 5) is 13.9. The van der Waals surface area contributed by atoms with Crippen molar-refractivity contribution in [2.24, 2.45) is 0 Å². The molecule has 0 aromatic heterocycles. The van der Waals surface area contributed by atoms with Crippen molar-refractivity contribution in [3.05, 3.63) is 23.8 Å². The fourth-order valence-corrected chi connectivity index (χ4v) is 3.01. The van der Waals surface area contributed by atoms with E-state index >= 15 is 0 Å². The Morgan fingerprint density at radius 3 is 3.04 bits per heavy atom. The first kappa shape index (κ1) is 17.9. The summed E-state index contributed by atoms with van der Waals surface area (Å²) in [6, 6.07) is 5.96. The first-order valence-corrected chi connectivity index (χ1v) is 9.37. The zero-order chi connectivity index (χ0) is 16.7. The summed E-state index contributed by atoms with van der Waals surface area (Å²) in [6.07, 6.45) is 3.06. The third-order valence-corrected chi connectivity index (χ3v) is 4.45. The molecule has 1 N–H and O–H groups in total. The lowest BCUT2D eigenvalue weighted by atomic mass is 10.2. The highest BCUT2D eigenvalue weighted by molar-refractivity contribution is 7.99. The van der Waals surface area contributed by atoms with Gasteiger partial charge in [-0.15, -0.1) is 0 Å². The molecule has 1 aromatic rings. The molecule has 1 amide bonds. The van der Waals surface area contributed by atoms with Crippen LogP contribution in [0.25, 0.3) is 0 Å². The summed E-state index contributed by atoms with van der Waals surface area (Å²) in [5.41, 5.74) is 1.13. The zero-order valence-electron chi connectivity index (χ0n) is 14.1. The zero-order valence-corrected chi connectivity index (χ0v) is 14.9. The number of nitrogens with zero attached hydrogens (tertiary/aromatic N) is 1. The minimum absolute atomic E-state index is 0.0951. The van der Waals surface area contributed by atoms with Crippen LogP contribution >= 0.6 is 11.8 Å². The van der Waals surface area contributed by atoms with Gasteiger partial charge in [0.05, 0.1) is 12.9 Å². The lowest BCUT2D eigenvalue weighted by Gasteiger charge is -2.23. The minimum atomic E-state index is 0.0951. The number of benzene rings is 1. The van der Waals surface area contributed by atoms with Gasteiger partial charge in [0, 0.05) is 31.7 Å². The Balaban J connectivity index is 2.00. The number of carbonyl (C=O) groups is 1. The van der Waals surface area contributed by atoms with Gasteiger partial charge in [0.2, 0.25) is 5.91 Å². The first-order valence-electron chi connectivity index (χ1n) is 7.97. The minimum Gasteiger partial charge on any atom is -0.497 e. The Bertz CT molecular complexity index is 525. The summed E-state index contributed by atoms with van der Waals surface area (Å²) in [5.74, 6) is 2.39. The summed E-state index contributed by atoms with van der Waals surface area (Å²) < 4.78 is 11.4. The van der Waals surface area contributed by atoms with Gasteiger partial charge < -0.3 is 14.8 Å². The SMILES string of the molecule is CC[C@@H]1CN(CCNC(=O)CSC)Cc2cc(OC)ccc2O1. The fraction of sp³-hybridized carbons (Fsp3) is 0.588. The van der Waals surface area contributed by atoms with Crippen molar-refractivity contribution < 1.29 is 14.3 Å². The van der Waals surface area contributed by atoms with Crippen LogP contribution in [-0.4, -0.2) is 55.7 Å². The second kappa shape index (κ2) is 9.03. The standard InChI is InChI=1S/C17H26N2O3S/c1-4-14-11-19(8-7-18-17(20)12-23-3)10-13-9-15(21-2)5-6-16(13)22-14/h5-6,9,14H,4,7-8,10-12H2,1-3H3,(H,18,20)/t14-/m1/s1. The molecule has 0 aliphatic carbocycles. The number of carbonyl (C=O) groups excluding carboxylic acids is 1. The van der Waals surface area contributed by atoms with Crippen LogP contribution in [0.3, 0.4) is 0 Å². The van der Waals surface area contributed by atoms with Gasteiger partial charge in [-0.2, -0.15) is 11.8 Å². The highest BCUT2D eigenvalue weighted by Gasteiger charge is 2.22. The molecular formula is C17H26N2O3S. The molecule has 1 aliphatic heterocycles. The molecule has 0 saturated carbocycles. The molecular weight excluding hydrogens is 312 g/mol. The van der Waals surface area contributed by atoms with Crippen LogP contribution in [0.15, 0.2) is 18.2 Å². The molecule has 2 rings (SSSR count). The van der Waals surface area contributed by atoms with Crippen LogP contribution in [0.4, 0.5) is 0 Å². The average Bonchev–Trinajstić information content (AvgIpc) is 2.73. The normalized spacial score (nSPS) is 17.8. The molecule has 6 heteroatoms. The quantitative estimate of drug-likeness (QED) is 0.825. The Labute approximate surface area is 142 Å². The predicted molar refractivity (Wildman–Crippen MR) is 94.4 cm³/mol. The van der Waals surface area contributed by atoms with Crippen LogP contribution in [0, 0.1) is 0 Å². The van der Waals surface area contributed by atoms with E-state index in [1.165, 1.54) is 11.8 Å². The number of amides is 1. The molecule has 0 unspecified atom stereocenters. The third-order valence-electron chi connectivity index (χ3n) is 3.90. The molecule has 0 saturated heterocycles. The molecule has 5 nitrogen and oxygen atoms in total. The van der Waals surface area contributed by atoms with Gasteiger partial charge in [-0.1, -0.05) is 6.92 Å². The van der Waals surface area contributed by atoms with Crippen LogP contribution in [0.5, 0.6) is 11.5 Å². The molecule has 1 aromatic carbocycles. The largest absolute Gasteiger partial charge is 0.497 e. The van der Waals surface area contributed by atoms with Crippen LogP contribution < -0.4 is 14.8 Å². The van der Waals surface area contributed by atoms with Crippen LogP contribution in [-0.2, 0) is 11.3 Å². The lowest BCUT2D eigenvalue weighted by Crippen LogP contribution is -2.38. The van der Waals surface area contributed by atoms with E-state index in [0.717, 1.165) is 43.1 Å². The highest BCUT2D eigenvalue weighted by Crippen LogP contribution is 2.29. The van der Waals surface area contributed by atoms with Crippen LogP contribution in [0.2, 0.25) is 0 Å². The predicted octanol–water partition coefficient (Wildman–Crippen LogP) is 2.15. The van der Waals surface area contributed by atoms with Crippen LogP contribution in [0.1, 0.15) is 18.9 Å². The molecule has 0 fully saturated rings. The molecule has 1 aliphatic rings. The highest BCUT2D eigenvalue weighted by atomic mass is 32.2. The number of methoxy groups -OCH3 is 1. The number of fused-ring (bicyclic) bond motifs is 1. The molecule has 0 bridgehead atoms. The van der Waals surface area contributed by atoms with Crippen molar-refractivity contribution in [3.63, 3.8) is 0 Å². The van der Waals surface area contributed by atoms with E-state index in [9.17, 15) is 4.79 Å². The number of ether oxygens (including phenoxy) is 2. The maximum Gasteiger partial charge on any atom is 0.230 e. The number of hydrogen-bond donors (Lipinski definition) is 1. The van der Waals surface area contributed by atoms with Gasteiger partial charge in [0.25, 0.3) is 0 Å². The average molecular weight is 338 g/mol. The van der Waals surface area contributed by atoms with E-state index in [0.29, 0.717) is 12.3 Å². The van der Waals surface area contributed by atoms with Crippen molar-refractivity contribution >= 4 is 17.7 Å². The topological polar surface area (TPSA) is 50.8 Å². The number of thioether (sulfide) groups is 1. The summed E-state index contributed by atoms with van der Waals surface area (Å²) >= 11 is 1.54. The molecule has 128 valence electrons. The van der Waals surface area contributed by atoms with Gasteiger partial charge >= 0.3 is 0 Å². The molecule has 23 heavy (non-hydrogen) atoms. The van der Waals surface area contributed by atoms with E-state index in [2.05, 4.69) is 17.1 Å². The fourth-order valence-electron chi connectivity index (χ4n) is 2.65. The molecule has 1 heterocycles. The van der Waals surface area contributed by atoms with Crippen molar-refractivity contribution in [2.75, 3.05) is 38.8 Å². The van der Waals surface area contributed by atoms with Crippen molar-refractivity contribution in [2.45, 2.75) is 26.0 Å². The Morgan fingerprint density at radius 2 is 2.35 bits per heavy atom. The number of rotatable bonds is 7. The Hall–Kier alpha value is -1.40. The smallest absolute Gasteiger partial charge is 0.230 e. The molecule has 0 spiro atoms. The second-order valence-corrected chi connectivity index (χ2v) is 6.51. The van der Waals surface area contributed by atoms with E-state index in [-0.39, 0.29) is 12.0 Å². The monoisotopic (exact) mass is 338 g/mol. The number of nitrogens with one attached hydrogen (secondary N) is 1. The Morgan fingerprint density at radius 1 is 1.52 bits per heavy atom. The first-order chi connectivity index (χ1) is 11.2. The number of hydrogen-bond acceptors (Lipinski definition) is 5. The van der Waals surface area contributed by atoms with Gasteiger partial charge in [0.15, 0.2) is 0 Å². The third kappa shape index (κ3) is 5.32. The van der Waals surface area contributed by atoms with Crippen molar-refractivity contribution in [1.82, 2.24) is 10.2 Å². The Kier molecular flexibility index (Phi) is 7.05.